The predicted molar refractivity (Wildman–Crippen MR) is 119 cm³/mol. The Morgan fingerprint density at radius 2 is 1.81 bits per heavy atom. The number of amides is 1. The van der Waals surface area contributed by atoms with Crippen molar-refractivity contribution in [3.8, 4) is 0 Å². The number of rotatable bonds is 8. The number of morpholine rings is 1. The van der Waals surface area contributed by atoms with Crippen molar-refractivity contribution in [3.05, 3.63) is 89.6 Å². The van der Waals surface area contributed by atoms with E-state index in [0.29, 0.717) is 31.3 Å². The second-order valence-corrected chi connectivity index (χ2v) is 8.35. The first kappa shape index (κ1) is 21.6. The van der Waals surface area contributed by atoms with E-state index in [9.17, 15) is 9.18 Å². The maximum Gasteiger partial charge on any atom is 0.287 e. The number of hydrogen-bond donors (Lipinski definition) is 1. The first-order valence-electron chi connectivity index (χ1n) is 10.3. The van der Waals surface area contributed by atoms with Crippen molar-refractivity contribution in [3.63, 3.8) is 0 Å². The van der Waals surface area contributed by atoms with Crippen LogP contribution in [0.25, 0.3) is 0 Å². The Balaban J connectivity index is 1.42. The van der Waals surface area contributed by atoms with Crippen LogP contribution < -0.4 is 5.32 Å². The molecule has 7 heteroatoms. The van der Waals surface area contributed by atoms with Crippen LogP contribution in [-0.2, 0) is 10.5 Å². The summed E-state index contributed by atoms with van der Waals surface area (Å²) in [4.78, 5) is 16.3. The molecular formula is C24H25FN2O3S. The van der Waals surface area contributed by atoms with E-state index < -0.39 is 0 Å². The number of furan rings is 1. The quantitative estimate of drug-likeness (QED) is 0.522. The van der Waals surface area contributed by atoms with Crippen LogP contribution in [0.4, 0.5) is 4.39 Å². The molecule has 0 bridgehead atoms. The summed E-state index contributed by atoms with van der Waals surface area (Å²) in [5, 5.41) is 3.02. The minimum atomic E-state index is -0.273. The van der Waals surface area contributed by atoms with Crippen molar-refractivity contribution in [2.75, 3.05) is 32.8 Å². The second kappa shape index (κ2) is 10.6. The van der Waals surface area contributed by atoms with Gasteiger partial charge < -0.3 is 14.5 Å². The lowest BCUT2D eigenvalue weighted by Crippen LogP contribution is -2.43. The Labute approximate surface area is 185 Å². The first-order valence-corrected chi connectivity index (χ1v) is 11.3. The molecule has 0 spiro atoms. The van der Waals surface area contributed by atoms with Crippen molar-refractivity contribution in [1.82, 2.24) is 10.2 Å². The maximum absolute atomic E-state index is 13.4. The fourth-order valence-electron chi connectivity index (χ4n) is 3.63. The molecule has 0 saturated carbocycles. The molecule has 0 radical (unpaired) electrons. The third kappa shape index (κ3) is 5.76. The van der Waals surface area contributed by atoms with Crippen LogP contribution in [-0.4, -0.2) is 43.7 Å². The van der Waals surface area contributed by atoms with Gasteiger partial charge in [0.25, 0.3) is 5.91 Å². The Hall–Kier alpha value is -2.61. The van der Waals surface area contributed by atoms with E-state index in [4.69, 9.17) is 9.15 Å². The van der Waals surface area contributed by atoms with Crippen LogP contribution in [0.3, 0.4) is 0 Å². The van der Waals surface area contributed by atoms with Gasteiger partial charge in [0.05, 0.1) is 25.5 Å². The van der Waals surface area contributed by atoms with Gasteiger partial charge in [0.1, 0.15) is 5.82 Å². The summed E-state index contributed by atoms with van der Waals surface area (Å²) < 4.78 is 24.4. The lowest BCUT2D eigenvalue weighted by molar-refractivity contribution is 0.0161. The molecule has 1 unspecified atom stereocenters. The number of benzene rings is 2. The lowest BCUT2D eigenvalue weighted by Gasteiger charge is -2.34. The van der Waals surface area contributed by atoms with Gasteiger partial charge in [-0.15, -0.1) is 11.8 Å². The number of carbonyl (C=O) groups is 1. The highest BCUT2D eigenvalue weighted by Gasteiger charge is 2.24. The molecule has 1 aliphatic rings. The van der Waals surface area contributed by atoms with Crippen molar-refractivity contribution < 1.29 is 18.3 Å². The fraction of sp³-hybridized carbons (Fsp3) is 0.292. The molecule has 1 amide bonds. The summed E-state index contributed by atoms with van der Waals surface area (Å²) in [6, 6.07) is 18.3. The molecule has 1 saturated heterocycles. The molecule has 2 heterocycles. The number of nitrogens with one attached hydrogen (secondary N) is 1. The summed E-state index contributed by atoms with van der Waals surface area (Å²) in [7, 11) is 0. The van der Waals surface area contributed by atoms with Crippen LogP contribution in [0.15, 0.2) is 76.2 Å². The highest BCUT2D eigenvalue weighted by atomic mass is 32.2. The second-order valence-electron chi connectivity index (χ2n) is 7.30. The zero-order chi connectivity index (χ0) is 21.5. The molecule has 1 fully saturated rings. The van der Waals surface area contributed by atoms with Gasteiger partial charge in [0.15, 0.2) is 5.76 Å². The molecule has 2 aromatic carbocycles. The number of thioether (sulfide) groups is 1. The molecule has 1 aromatic heterocycles. The topological polar surface area (TPSA) is 54.7 Å². The van der Waals surface area contributed by atoms with E-state index >= 15 is 0 Å². The Morgan fingerprint density at radius 1 is 1.06 bits per heavy atom. The number of carbonyl (C=O) groups excluding carboxylic acids is 1. The number of hydrogen-bond acceptors (Lipinski definition) is 5. The van der Waals surface area contributed by atoms with Crippen LogP contribution in [0.2, 0.25) is 0 Å². The highest BCUT2D eigenvalue weighted by Crippen LogP contribution is 2.26. The van der Waals surface area contributed by atoms with Gasteiger partial charge in [-0.05, 0) is 35.9 Å². The Morgan fingerprint density at radius 3 is 2.55 bits per heavy atom. The van der Waals surface area contributed by atoms with Gasteiger partial charge >= 0.3 is 0 Å². The minimum absolute atomic E-state index is 0.0643. The highest BCUT2D eigenvalue weighted by molar-refractivity contribution is 7.98. The lowest BCUT2D eigenvalue weighted by atomic mass is 10.0. The summed E-state index contributed by atoms with van der Waals surface area (Å²) in [5.74, 6) is 0.468. The van der Waals surface area contributed by atoms with Crippen LogP contribution in [0, 0.1) is 5.82 Å². The molecule has 3 aromatic rings. The van der Waals surface area contributed by atoms with Gasteiger partial charge in [-0.3, -0.25) is 9.69 Å². The molecule has 0 aliphatic carbocycles. The number of halogens is 1. The van der Waals surface area contributed by atoms with Crippen LogP contribution >= 0.6 is 11.8 Å². The molecule has 31 heavy (non-hydrogen) atoms. The van der Waals surface area contributed by atoms with Crippen LogP contribution in [0.5, 0.6) is 0 Å². The molecule has 1 N–H and O–H groups in total. The van der Waals surface area contributed by atoms with E-state index in [1.54, 1.807) is 30.2 Å². The normalized spacial score (nSPS) is 15.5. The van der Waals surface area contributed by atoms with Gasteiger partial charge in [0.2, 0.25) is 0 Å². The molecule has 4 rings (SSSR count). The van der Waals surface area contributed by atoms with Gasteiger partial charge in [-0.25, -0.2) is 4.39 Å². The minimum Gasteiger partial charge on any atom is -0.459 e. The van der Waals surface area contributed by atoms with E-state index in [1.165, 1.54) is 12.1 Å². The van der Waals surface area contributed by atoms with E-state index in [0.717, 1.165) is 29.1 Å². The van der Waals surface area contributed by atoms with Crippen molar-refractivity contribution in [2.45, 2.75) is 16.7 Å². The summed E-state index contributed by atoms with van der Waals surface area (Å²) in [6.45, 7) is 3.21. The predicted octanol–water partition coefficient (Wildman–Crippen LogP) is 4.51. The maximum atomic E-state index is 13.4. The molecular weight excluding hydrogens is 415 g/mol. The molecule has 1 atom stereocenters. The third-order valence-electron chi connectivity index (χ3n) is 5.29. The van der Waals surface area contributed by atoms with E-state index in [-0.39, 0.29) is 17.8 Å². The summed E-state index contributed by atoms with van der Waals surface area (Å²) in [5.41, 5.74) is 1.82. The fourth-order valence-corrected chi connectivity index (χ4v) is 4.53. The van der Waals surface area contributed by atoms with Gasteiger partial charge in [0, 0.05) is 35.8 Å². The first-order chi connectivity index (χ1) is 15.2. The zero-order valence-electron chi connectivity index (χ0n) is 17.1. The largest absolute Gasteiger partial charge is 0.459 e. The molecule has 1 aliphatic heterocycles. The van der Waals surface area contributed by atoms with Gasteiger partial charge in [-0.2, -0.15) is 0 Å². The van der Waals surface area contributed by atoms with Crippen LogP contribution in [0.1, 0.15) is 27.7 Å². The van der Waals surface area contributed by atoms with Crippen molar-refractivity contribution >= 4 is 17.7 Å². The summed E-state index contributed by atoms with van der Waals surface area (Å²) >= 11 is 1.66. The molecule has 162 valence electrons. The third-order valence-corrected chi connectivity index (χ3v) is 6.35. The van der Waals surface area contributed by atoms with E-state index in [2.05, 4.69) is 10.2 Å². The van der Waals surface area contributed by atoms with Crippen molar-refractivity contribution in [2.24, 2.45) is 0 Å². The standard InChI is InChI=1S/C24H25FN2O3S/c25-20-8-6-18(7-9-20)22(27-11-14-29-15-12-27)16-26-24(28)23-19(10-13-30-23)17-31-21-4-2-1-3-5-21/h1-10,13,22H,11-12,14-17H2,(H,26,28). The number of nitrogens with zero attached hydrogens (tertiary/aromatic N) is 1. The Kier molecular flexibility index (Phi) is 7.40. The van der Waals surface area contributed by atoms with Gasteiger partial charge in [-0.1, -0.05) is 30.3 Å². The zero-order valence-corrected chi connectivity index (χ0v) is 17.9. The monoisotopic (exact) mass is 440 g/mol. The smallest absolute Gasteiger partial charge is 0.287 e. The SMILES string of the molecule is O=C(NCC(c1ccc(F)cc1)N1CCOCC1)c1occc1CSc1ccccc1. The Bertz CT molecular complexity index is 972. The molecule has 5 nitrogen and oxygen atoms in total. The number of ether oxygens (including phenoxy) is 1. The van der Waals surface area contributed by atoms with E-state index in [1.807, 2.05) is 36.4 Å². The summed E-state index contributed by atoms with van der Waals surface area (Å²) in [6.07, 6.45) is 1.55. The average Bonchev–Trinajstić information content (AvgIpc) is 3.29. The van der Waals surface area contributed by atoms with Crippen molar-refractivity contribution in [1.29, 1.82) is 0 Å². The average molecular weight is 441 g/mol.